The Morgan fingerprint density at radius 1 is 1.14 bits per heavy atom. The molecule has 0 saturated heterocycles. The van der Waals surface area contributed by atoms with Gasteiger partial charge in [-0.2, -0.15) is 0 Å². The second-order valence-corrected chi connectivity index (χ2v) is 8.32. The van der Waals surface area contributed by atoms with Gasteiger partial charge < -0.3 is 14.4 Å². The predicted molar refractivity (Wildman–Crippen MR) is 117 cm³/mol. The summed E-state index contributed by atoms with van der Waals surface area (Å²) in [5.41, 5.74) is 0.872. The first-order chi connectivity index (χ1) is 13.5. The van der Waals surface area contributed by atoms with E-state index >= 15 is 0 Å². The lowest BCUT2D eigenvalue weighted by Gasteiger charge is -2.22. The molecule has 3 aromatic rings. The topological polar surface area (TPSA) is 54.9 Å². The first kappa shape index (κ1) is 20.6. The van der Waals surface area contributed by atoms with Crippen molar-refractivity contribution < 1.29 is 14.3 Å². The van der Waals surface area contributed by atoms with Crippen LogP contribution in [0, 0.1) is 0 Å². The van der Waals surface area contributed by atoms with E-state index in [2.05, 4.69) is 20.9 Å². The normalized spacial score (nSPS) is 11.0. The van der Waals surface area contributed by atoms with Crippen molar-refractivity contribution in [1.82, 2.24) is 9.88 Å². The molecule has 28 heavy (non-hydrogen) atoms. The Morgan fingerprint density at radius 2 is 1.89 bits per heavy atom. The number of hydrogen-bond donors (Lipinski definition) is 0. The molecule has 0 fully saturated rings. The SMILES string of the molecule is COc1ccccc1OCC(=O)N(CCN(C)C)c1nc2ccc(Br)cc2s1. The van der Waals surface area contributed by atoms with Gasteiger partial charge >= 0.3 is 0 Å². The number of para-hydroxylation sites is 2. The highest BCUT2D eigenvalue weighted by Gasteiger charge is 2.21. The molecule has 0 aliphatic carbocycles. The van der Waals surface area contributed by atoms with Gasteiger partial charge in [0, 0.05) is 17.6 Å². The van der Waals surface area contributed by atoms with Crippen LogP contribution in [0.5, 0.6) is 11.5 Å². The fourth-order valence-corrected chi connectivity index (χ4v) is 4.14. The Hall–Kier alpha value is -2.16. The van der Waals surface area contributed by atoms with Gasteiger partial charge in [-0.05, 0) is 44.4 Å². The maximum absolute atomic E-state index is 13.0. The molecule has 3 rings (SSSR count). The van der Waals surface area contributed by atoms with E-state index in [1.54, 1.807) is 24.1 Å². The molecule has 0 bridgehead atoms. The smallest absolute Gasteiger partial charge is 0.266 e. The Balaban J connectivity index is 1.80. The fourth-order valence-electron chi connectivity index (χ4n) is 2.58. The molecule has 1 heterocycles. The maximum Gasteiger partial charge on any atom is 0.266 e. The van der Waals surface area contributed by atoms with Gasteiger partial charge in [0.25, 0.3) is 5.91 Å². The average molecular weight is 464 g/mol. The van der Waals surface area contributed by atoms with Crippen LogP contribution < -0.4 is 14.4 Å². The third kappa shape index (κ3) is 5.01. The number of anilines is 1. The second-order valence-electron chi connectivity index (χ2n) is 6.40. The highest BCUT2D eigenvalue weighted by molar-refractivity contribution is 9.10. The van der Waals surface area contributed by atoms with Crippen molar-refractivity contribution in [3.05, 3.63) is 46.9 Å². The molecule has 0 unspecified atom stereocenters. The monoisotopic (exact) mass is 463 g/mol. The van der Waals surface area contributed by atoms with Gasteiger partial charge in [0.05, 0.1) is 17.3 Å². The molecular formula is C20H22BrN3O3S. The summed E-state index contributed by atoms with van der Waals surface area (Å²) in [4.78, 5) is 21.3. The molecule has 0 aliphatic heterocycles. The number of thiazole rings is 1. The number of halogens is 1. The van der Waals surface area contributed by atoms with Crippen molar-refractivity contribution in [3.63, 3.8) is 0 Å². The number of nitrogens with zero attached hydrogens (tertiary/aromatic N) is 3. The minimum Gasteiger partial charge on any atom is -0.493 e. The Labute approximate surface area is 176 Å². The van der Waals surface area contributed by atoms with E-state index in [-0.39, 0.29) is 12.5 Å². The maximum atomic E-state index is 13.0. The van der Waals surface area contributed by atoms with Crippen LogP contribution in [0.1, 0.15) is 0 Å². The molecule has 0 spiro atoms. The van der Waals surface area contributed by atoms with Crippen LogP contribution in [0.2, 0.25) is 0 Å². The van der Waals surface area contributed by atoms with E-state index in [4.69, 9.17) is 9.47 Å². The van der Waals surface area contributed by atoms with Crippen LogP contribution >= 0.6 is 27.3 Å². The van der Waals surface area contributed by atoms with Crippen molar-refractivity contribution >= 4 is 48.5 Å². The third-order valence-corrected chi connectivity index (χ3v) is 5.60. The van der Waals surface area contributed by atoms with Gasteiger partial charge in [-0.3, -0.25) is 9.69 Å². The lowest BCUT2D eigenvalue weighted by Crippen LogP contribution is -2.39. The number of rotatable bonds is 8. The summed E-state index contributed by atoms with van der Waals surface area (Å²) in [6.45, 7) is 1.16. The van der Waals surface area contributed by atoms with E-state index in [9.17, 15) is 4.79 Å². The molecule has 0 atom stereocenters. The van der Waals surface area contributed by atoms with Crippen molar-refractivity contribution in [2.24, 2.45) is 0 Å². The number of aromatic nitrogens is 1. The summed E-state index contributed by atoms with van der Waals surface area (Å²) in [7, 11) is 5.53. The van der Waals surface area contributed by atoms with Crippen molar-refractivity contribution in [2.75, 3.05) is 45.8 Å². The number of hydrogen-bond acceptors (Lipinski definition) is 6. The van der Waals surface area contributed by atoms with Crippen LogP contribution in [0.25, 0.3) is 10.2 Å². The molecule has 6 nitrogen and oxygen atoms in total. The van der Waals surface area contributed by atoms with Gasteiger partial charge in [-0.25, -0.2) is 4.98 Å². The summed E-state index contributed by atoms with van der Waals surface area (Å²) < 4.78 is 13.0. The molecule has 148 valence electrons. The molecule has 0 saturated carbocycles. The van der Waals surface area contributed by atoms with Crippen LogP contribution in [0.4, 0.5) is 5.13 Å². The first-order valence-electron chi connectivity index (χ1n) is 8.75. The Kier molecular flexibility index (Phi) is 6.88. The van der Waals surface area contributed by atoms with Crippen LogP contribution in [0.15, 0.2) is 46.9 Å². The molecule has 1 aromatic heterocycles. The summed E-state index contributed by atoms with van der Waals surface area (Å²) in [5.74, 6) is 0.991. The third-order valence-electron chi connectivity index (χ3n) is 4.06. The summed E-state index contributed by atoms with van der Waals surface area (Å²) in [6.07, 6.45) is 0. The molecule has 1 amide bonds. The summed E-state index contributed by atoms with van der Waals surface area (Å²) >= 11 is 4.98. The van der Waals surface area contributed by atoms with Gasteiger partial charge in [0.15, 0.2) is 23.2 Å². The van der Waals surface area contributed by atoms with Crippen LogP contribution in [0.3, 0.4) is 0 Å². The number of methoxy groups -OCH3 is 1. The fraction of sp³-hybridized carbons (Fsp3) is 0.300. The number of likely N-dealkylation sites (N-methyl/N-ethyl adjacent to an activating group) is 1. The zero-order chi connectivity index (χ0) is 20.1. The highest BCUT2D eigenvalue weighted by Crippen LogP contribution is 2.31. The number of amides is 1. The van der Waals surface area contributed by atoms with Crippen molar-refractivity contribution in [1.29, 1.82) is 0 Å². The van der Waals surface area contributed by atoms with Gasteiger partial charge in [0.1, 0.15) is 0 Å². The number of fused-ring (bicyclic) bond motifs is 1. The van der Waals surface area contributed by atoms with Crippen LogP contribution in [-0.2, 0) is 4.79 Å². The lowest BCUT2D eigenvalue weighted by molar-refractivity contribution is -0.120. The molecule has 0 radical (unpaired) electrons. The van der Waals surface area contributed by atoms with E-state index < -0.39 is 0 Å². The number of ether oxygens (including phenoxy) is 2. The van der Waals surface area contributed by atoms with E-state index in [1.165, 1.54) is 11.3 Å². The second kappa shape index (κ2) is 9.36. The largest absolute Gasteiger partial charge is 0.493 e. The van der Waals surface area contributed by atoms with Crippen molar-refractivity contribution in [2.45, 2.75) is 0 Å². The number of benzene rings is 2. The number of carbonyl (C=O) groups is 1. The number of carbonyl (C=O) groups excluding carboxylic acids is 1. The van der Waals surface area contributed by atoms with Crippen molar-refractivity contribution in [3.8, 4) is 11.5 Å². The van der Waals surface area contributed by atoms with Gasteiger partial charge in [-0.1, -0.05) is 39.4 Å². The van der Waals surface area contributed by atoms with E-state index in [0.29, 0.717) is 23.2 Å². The molecule has 0 aliphatic rings. The summed E-state index contributed by atoms with van der Waals surface area (Å²) in [6, 6.07) is 13.2. The van der Waals surface area contributed by atoms with Gasteiger partial charge in [0.2, 0.25) is 0 Å². The quantitative estimate of drug-likeness (QED) is 0.504. The Morgan fingerprint density at radius 3 is 2.61 bits per heavy atom. The average Bonchev–Trinajstić information content (AvgIpc) is 3.09. The predicted octanol–water partition coefficient (Wildman–Crippen LogP) is 4.04. The van der Waals surface area contributed by atoms with E-state index in [0.717, 1.165) is 21.2 Å². The minimum absolute atomic E-state index is 0.0899. The summed E-state index contributed by atoms with van der Waals surface area (Å²) in [5, 5.41) is 0.670. The molecule has 2 aromatic carbocycles. The standard InChI is InChI=1S/C20H22BrN3O3S/c1-23(2)10-11-24(20-22-15-9-8-14(21)12-18(15)28-20)19(25)13-27-17-7-5-4-6-16(17)26-3/h4-9,12H,10-11,13H2,1-3H3. The van der Waals surface area contributed by atoms with Gasteiger partial charge in [-0.15, -0.1) is 0 Å². The lowest BCUT2D eigenvalue weighted by atomic mass is 10.3. The zero-order valence-electron chi connectivity index (χ0n) is 16.0. The molecular weight excluding hydrogens is 442 g/mol. The first-order valence-corrected chi connectivity index (χ1v) is 10.4. The highest BCUT2D eigenvalue weighted by atomic mass is 79.9. The van der Waals surface area contributed by atoms with Crippen LogP contribution in [-0.4, -0.2) is 56.7 Å². The zero-order valence-corrected chi connectivity index (χ0v) is 18.4. The Bertz CT molecular complexity index is 961. The van der Waals surface area contributed by atoms with E-state index in [1.807, 2.05) is 49.3 Å². The molecule has 0 N–H and O–H groups in total. The minimum atomic E-state index is -0.147. The molecule has 8 heteroatoms.